The van der Waals surface area contributed by atoms with Crippen LogP contribution in [0.5, 0.6) is 0 Å². The van der Waals surface area contributed by atoms with Gasteiger partial charge in [-0.3, -0.25) is 0 Å². The topological polar surface area (TPSA) is 24.1 Å². The van der Waals surface area contributed by atoms with Crippen LogP contribution in [0.15, 0.2) is 17.5 Å². The Kier molecular flexibility index (Phi) is 4.89. The number of hydrogen-bond donors (Lipinski definition) is 2. The molecule has 2 atom stereocenters. The van der Waals surface area contributed by atoms with Crippen LogP contribution in [0.1, 0.15) is 24.3 Å². The lowest BCUT2D eigenvalue weighted by Crippen LogP contribution is -2.32. The fourth-order valence-electron chi connectivity index (χ4n) is 1.77. The predicted molar refractivity (Wildman–Crippen MR) is 64.4 cm³/mol. The summed E-state index contributed by atoms with van der Waals surface area (Å²) in [6.07, 6.45) is 1.26. The minimum absolute atomic E-state index is 0. The number of nitrogens with one attached hydrogen (secondary N) is 2. The molecule has 2 heterocycles. The zero-order chi connectivity index (χ0) is 9.10. The van der Waals surface area contributed by atoms with E-state index in [0.717, 1.165) is 13.1 Å². The third-order valence-corrected chi connectivity index (χ3v) is 3.57. The Labute approximate surface area is 95.5 Å². The van der Waals surface area contributed by atoms with Crippen LogP contribution in [0.4, 0.5) is 0 Å². The molecule has 1 unspecified atom stereocenters. The highest BCUT2D eigenvalue weighted by Gasteiger charge is 2.17. The molecular weight excluding hydrogens is 216 g/mol. The Balaban J connectivity index is 0.000000980. The average Bonchev–Trinajstić information content (AvgIpc) is 2.74. The van der Waals surface area contributed by atoms with Gasteiger partial charge in [-0.25, -0.2) is 0 Å². The summed E-state index contributed by atoms with van der Waals surface area (Å²) in [4.78, 5) is 1.44. The van der Waals surface area contributed by atoms with Crippen molar-refractivity contribution < 1.29 is 0 Å². The summed E-state index contributed by atoms with van der Waals surface area (Å²) in [5.74, 6) is 0. The molecule has 0 saturated carbocycles. The molecule has 1 saturated heterocycles. The highest BCUT2D eigenvalue weighted by molar-refractivity contribution is 7.10. The molecule has 0 spiro atoms. The Hall–Kier alpha value is -0.0900. The molecule has 0 radical (unpaired) electrons. The first-order valence-electron chi connectivity index (χ1n) is 4.86. The van der Waals surface area contributed by atoms with Gasteiger partial charge in [0.25, 0.3) is 0 Å². The maximum absolute atomic E-state index is 3.63. The van der Waals surface area contributed by atoms with E-state index in [1.165, 1.54) is 11.3 Å². The van der Waals surface area contributed by atoms with Crippen molar-refractivity contribution in [3.63, 3.8) is 0 Å². The Morgan fingerprint density at radius 1 is 1.64 bits per heavy atom. The zero-order valence-corrected chi connectivity index (χ0v) is 9.96. The van der Waals surface area contributed by atoms with Crippen molar-refractivity contribution in [3.05, 3.63) is 22.4 Å². The fraction of sp³-hybridized carbons (Fsp3) is 0.600. The molecule has 0 aliphatic carbocycles. The van der Waals surface area contributed by atoms with E-state index in [-0.39, 0.29) is 12.4 Å². The first-order valence-corrected chi connectivity index (χ1v) is 5.74. The highest BCUT2D eigenvalue weighted by Crippen LogP contribution is 2.19. The van der Waals surface area contributed by atoms with Gasteiger partial charge in [0.05, 0.1) is 0 Å². The van der Waals surface area contributed by atoms with Gasteiger partial charge in [-0.15, -0.1) is 23.7 Å². The molecule has 1 aromatic heterocycles. The molecule has 1 aromatic rings. The maximum Gasteiger partial charge on any atom is 0.0388 e. The van der Waals surface area contributed by atoms with E-state index in [1.54, 1.807) is 0 Å². The van der Waals surface area contributed by atoms with Crippen molar-refractivity contribution in [1.29, 1.82) is 0 Å². The quantitative estimate of drug-likeness (QED) is 0.835. The van der Waals surface area contributed by atoms with Crippen molar-refractivity contribution in [2.45, 2.75) is 25.4 Å². The molecule has 4 heteroatoms. The van der Waals surface area contributed by atoms with Crippen LogP contribution in [-0.4, -0.2) is 19.1 Å². The minimum atomic E-state index is 0. The van der Waals surface area contributed by atoms with Crippen LogP contribution in [0, 0.1) is 0 Å². The van der Waals surface area contributed by atoms with Gasteiger partial charge in [-0.1, -0.05) is 6.07 Å². The molecule has 1 aliphatic heterocycles. The van der Waals surface area contributed by atoms with E-state index < -0.39 is 0 Å². The number of thiophene rings is 1. The lowest BCUT2D eigenvalue weighted by Gasteiger charge is -2.17. The highest BCUT2D eigenvalue weighted by atomic mass is 35.5. The number of rotatable bonds is 3. The molecule has 2 nitrogen and oxygen atoms in total. The van der Waals surface area contributed by atoms with Crippen molar-refractivity contribution in [2.24, 2.45) is 0 Å². The summed E-state index contributed by atoms with van der Waals surface area (Å²) in [6, 6.07) is 5.48. The smallest absolute Gasteiger partial charge is 0.0388 e. The third-order valence-electron chi connectivity index (χ3n) is 2.52. The molecule has 0 amide bonds. The van der Waals surface area contributed by atoms with Gasteiger partial charge in [0, 0.05) is 23.5 Å². The molecule has 2 rings (SSSR count). The first-order chi connectivity index (χ1) is 6.36. The van der Waals surface area contributed by atoms with Gasteiger partial charge >= 0.3 is 0 Å². The first kappa shape index (κ1) is 12.0. The number of halogens is 1. The molecule has 0 aromatic carbocycles. The van der Waals surface area contributed by atoms with Crippen LogP contribution in [0.25, 0.3) is 0 Å². The molecule has 1 aliphatic rings. The van der Waals surface area contributed by atoms with Gasteiger partial charge in [-0.2, -0.15) is 0 Å². The van der Waals surface area contributed by atoms with Crippen LogP contribution in [0.3, 0.4) is 0 Å². The second kappa shape index (κ2) is 5.71. The van der Waals surface area contributed by atoms with Crippen molar-refractivity contribution in [1.82, 2.24) is 10.6 Å². The SMILES string of the molecule is CC(N[C@@H]1CCNC1)c1cccs1.Cl. The third kappa shape index (κ3) is 2.95. The average molecular weight is 233 g/mol. The summed E-state index contributed by atoms with van der Waals surface area (Å²) in [6.45, 7) is 4.52. The van der Waals surface area contributed by atoms with Gasteiger partial charge in [0.1, 0.15) is 0 Å². The van der Waals surface area contributed by atoms with Crippen LogP contribution < -0.4 is 10.6 Å². The Morgan fingerprint density at radius 3 is 3.07 bits per heavy atom. The lowest BCUT2D eigenvalue weighted by molar-refractivity contribution is 0.483. The molecule has 0 bridgehead atoms. The van der Waals surface area contributed by atoms with E-state index in [0.29, 0.717) is 12.1 Å². The van der Waals surface area contributed by atoms with Crippen molar-refractivity contribution in [3.8, 4) is 0 Å². The Morgan fingerprint density at radius 2 is 2.50 bits per heavy atom. The second-order valence-electron chi connectivity index (χ2n) is 3.59. The van der Waals surface area contributed by atoms with E-state index >= 15 is 0 Å². The molecule has 80 valence electrons. The second-order valence-corrected chi connectivity index (χ2v) is 4.57. The minimum Gasteiger partial charge on any atom is -0.315 e. The van der Waals surface area contributed by atoms with Gasteiger partial charge in [0.2, 0.25) is 0 Å². The van der Waals surface area contributed by atoms with Crippen LogP contribution >= 0.6 is 23.7 Å². The Bertz CT molecular complexity index is 245. The summed E-state index contributed by atoms with van der Waals surface area (Å²) < 4.78 is 0. The van der Waals surface area contributed by atoms with Crippen molar-refractivity contribution >= 4 is 23.7 Å². The van der Waals surface area contributed by atoms with E-state index in [1.807, 2.05) is 11.3 Å². The van der Waals surface area contributed by atoms with E-state index in [9.17, 15) is 0 Å². The molecule has 1 fully saturated rings. The van der Waals surface area contributed by atoms with E-state index in [2.05, 4.69) is 35.1 Å². The van der Waals surface area contributed by atoms with Gasteiger partial charge in [0.15, 0.2) is 0 Å². The van der Waals surface area contributed by atoms with Crippen LogP contribution in [0.2, 0.25) is 0 Å². The standard InChI is InChI=1S/C10H16N2S.ClH/c1-8(10-3-2-6-13-10)12-9-4-5-11-7-9;/h2-3,6,8-9,11-12H,4-5,7H2,1H3;1H/t8?,9-;/m1./s1. The molecule has 2 N–H and O–H groups in total. The summed E-state index contributed by atoms with van der Waals surface area (Å²) in [5.41, 5.74) is 0. The van der Waals surface area contributed by atoms with E-state index in [4.69, 9.17) is 0 Å². The van der Waals surface area contributed by atoms with Crippen LogP contribution in [-0.2, 0) is 0 Å². The van der Waals surface area contributed by atoms with Crippen molar-refractivity contribution in [2.75, 3.05) is 13.1 Å². The number of hydrogen-bond acceptors (Lipinski definition) is 3. The normalized spacial score (nSPS) is 23.1. The zero-order valence-electron chi connectivity index (χ0n) is 8.32. The van der Waals surface area contributed by atoms with Gasteiger partial charge in [-0.05, 0) is 31.3 Å². The predicted octanol–water partition coefficient (Wildman–Crippen LogP) is 2.18. The summed E-state index contributed by atoms with van der Waals surface area (Å²) in [5, 5.41) is 9.13. The lowest BCUT2D eigenvalue weighted by atomic mass is 10.2. The fourth-order valence-corrected chi connectivity index (χ4v) is 2.51. The largest absolute Gasteiger partial charge is 0.315 e. The summed E-state index contributed by atoms with van der Waals surface area (Å²) in [7, 11) is 0. The summed E-state index contributed by atoms with van der Waals surface area (Å²) >= 11 is 1.83. The van der Waals surface area contributed by atoms with Gasteiger partial charge < -0.3 is 10.6 Å². The monoisotopic (exact) mass is 232 g/mol. The molecular formula is C10H17ClN2S. The molecule has 14 heavy (non-hydrogen) atoms. The maximum atomic E-state index is 3.63.